The Bertz CT molecular complexity index is 650. The van der Waals surface area contributed by atoms with E-state index in [0.717, 1.165) is 23.0 Å². The molecule has 0 aliphatic heterocycles. The summed E-state index contributed by atoms with van der Waals surface area (Å²) in [6, 6.07) is 6.49. The fraction of sp³-hybridized carbons (Fsp3) is 0.308. The monoisotopic (exact) mass is 340 g/mol. The second kappa shape index (κ2) is 4.76. The number of sulfonamides is 1. The van der Waals surface area contributed by atoms with Gasteiger partial charge in [0.05, 0.1) is 4.90 Å². The molecule has 4 nitrogen and oxygen atoms in total. The molecule has 0 saturated heterocycles. The molecule has 6 heteroatoms. The second-order valence-electron chi connectivity index (χ2n) is 4.79. The summed E-state index contributed by atoms with van der Waals surface area (Å²) in [5.74, 6) is 0.976. The van der Waals surface area contributed by atoms with Crippen molar-refractivity contribution in [1.29, 1.82) is 0 Å². The van der Waals surface area contributed by atoms with Crippen LogP contribution in [-0.2, 0) is 10.0 Å². The lowest BCUT2D eigenvalue weighted by molar-refractivity contribution is 0.463. The van der Waals surface area contributed by atoms with E-state index in [1.54, 1.807) is 24.3 Å². The zero-order chi connectivity index (χ0) is 13.5. The molecule has 1 aromatic carbocycles. The van der Waals surface area contributed by atoms with Crippen LogP contribution >= 0.6 is 15.9 Å². The van der Waals surface area contributed by atoms with Crippen molar-refractivity contribution in [2.45, 2.75) is 17.7 Å². The van der Waals surface area contributed by atoms with Crippen LogP contribution in [0.15, 0.2) is 50.9 Å². The molecule has 0 bridgehead atoms. The molecule has 2 unspecified atom stereocenters. The molecular weight excluding hydrogens is 328 g/mol. The number of nitrogens with zero attached hydrogens (tertiary/aromatic N) is 1. The molecule has 3 rings (SSSR count). The van der Waals surface area contributed by atoms with Crippen LogP contribution < -0.4 is 4.83 Å². The molecule has 1 saturated carbocycles. The van der Waals surface area contributed by atoms with Crippen molar-refractivity contribution in [3.8, 4) is 0 Å². The first-order valence-corrected chi connectivity index (χ1v) is 8.34. The summed E-state index contributed by atoms with van der Waals surface area (Å²) in [7, 11) is -3.56. The van der Waals surface area contributed by atoms with Gasteiger partial charge in [-0.3, -0.25) is 0 Å². The lowest BCUT2D eigenvalue weighted by Crippen LogP contribution is -2.35. The average Bonchev–Trinajstić information content (AvgIpc) is 2.72. The van der Waals surface area contributed by atoms with Crippen molar-refractivity contribution < 1.29 is 8.42 Å². The molecule has 0 heterocycles. The summed E-state index contributed by atoms with van der Waals surface area (Å²) in [6.07, 6.45) is 6.17. The van der Waals surface area contributed by atoms with E-state index in [1.807, 2.05) is 0 Å². The van der Waals surface area contributed by atoms with Crippen molar-refractivity contribution in [2.75, 3.05) is 0 Å². The van der Waals surface area contributed by atoms with Gasteiger partial charge in [-0.25, -0.2) is 4.83 Å². The highest BCUT2D eigenvalue weighted by Crippen LogP contribution is 2.40. The smallest absolute Gasteiger partial charge is 0.200 e. The molecule has 1 aromatic rings. The fourth-order valence-corrected chi connectivity index (χ4v) is 3.55. The van der Waals surface area contributed by atoms with E-state index in [0.29, 0.717) is 11.8 Å². The van der Waals surface area contributed by atoms with Crippen LogP contribution in [0.2, 0.25) is 0 Å². The van der Waals surface area contributed by atoms with Gasteiger partial charge < -0.3 is 0 Å². The molecule has 1 N–H and O–H groups in total. The number of hydrogen-bond donors (Lipinski definition) is 1. The molecular formula is C13H13BrN2O2S. The summed E-state index contributed by atoms with van der Waals surface area (Å²) in [5, 5.41) is 4.07. The molecule has 2 aliphatic rings. The number of rotatable bonds is 3. The van der Waals surface area contributed by atoms with Gasteiger partial charge >= 0.3 is 0 Å². The number of nitrogens with one attached hydrogen (secondary N) is 1. The second-order valence-corrected chi connectivity index (χ2v) is 7.37. The minimum absolute atomic E-state index is 0.223. The first-order chi connectivity index (χ1) is 9.06. The predicted octanol–water partition coefficient (Wildman–Crippen LogP) is 2.68. The Labute approximate surface area is 120 Å². The van der Waals surface area contributed by atoms with E-state index in [9.17, 15) is 8.42 Å². The quantitative estimate of drug-likeness (QED) is 0.679. The van der Waals surface area contributed by atoms with Crippen LogP contribution in [0, 0.1) is 11.8 Å². The Morgan fingerprint density at radius 3 is 2.68 bits per heavy atom. The van der Waals surface area contributed by atoms with Crippen LogP contribution in [0.4, 0.5) is 0 Å². The van der Waals surface area contributed by atoms with Gasteiger partial charge in [0, 0.05) is 16.1 Å². The molecule has 0 amide bonds. The first-order valence-electron chi connectivity index (χ1n) is 6.07. The SMILES string of the molecule is O=S(=O)(N/N=C1/CC2C=CCC12)c1ccc(Br)cc1. The third kappa shape index (κ3) is 2.47. The Morgan fingerprint density at radius 1 is 1.26 bits per heavy atom. The molecule has 2 aliphatic carbocycles. The maximum atomic E-state index is 12.0. The average molecular weight is 341 g/mol. The van der Waals surface area contributed by atoms with E-state index >= 15 is 0 Å². The summed E-state index contributed by atoms with van der Waals surface area (Å²) in [4.78, 5) is 2.55. The van der Waals surface area contributed by atoms with Gasteiger partial charge in [0.1, 0.15) is 0 Å². The van der Waals surface area contributed by atoms with Gasteiger partial charge in [-0.2, -0.15) is 13.5 Å². The lowest BCUT2D eigenvalue weighted by atomic mass is 9.74. The number of hydrogen-bond acceptors (Lipinski definition) is 3. The largest absolute Gasteiger partial charge is 0.276 e. The standard InChI is InChI=1S/C13H13BrN2O2S/c14-10-4-6-11(7-5-10)19(17,18)16-15-13-8-9-2-1-3-12(9)13/h1-2,4-7,9,12,16H,3,8H2/b15-13-. The van der Waals surface area contributed by atoms with Crippen LogP contribution in [0.5, 0.6) is 0 Å². The van der Waals surface area contributed by atoms with E-state index in [-0.39, 0.29) is 4.90 Å². The van der Waals surface area contributed by atoms with Gasteiger partial charge in [-0.1, -0.05) is 28.1 Å². The molecule has 0 radical (unpaired) electrons. The zero-order valence-electron chi connectivity index (χ0n) is 10.1. The van der Waals surface area contributed by atoms with Gasteiger partial charge in [0.25, 0.3) is 10.0 Å². The Kier molecular flexibility index (Phi) is 3.22. The Morgan fingerprint density at radius 2 is 2.00 bits per heavy atom. The molecule has 19 heavy (non-hydrogen) atoms. The van der Waals surface area contributed by atoms with Crippen LogP contribution in [0.25, 0.3) is 0 Å². The summed E-state index contributed by atoms with van der Waals surface area (Å²) in [6.45, 7) is 0. The van der Waals surface area contributed by atoms with Gasteiger partial charge in [-0.15, -0.1) is 0 Å². The molecule has 1 fully saturated rings. The van der Waals surface area contributed by atoms with E-state index < -0.39 is 10.0 Å². The van der Waals surface area contributed by atoms with Gasteiger partial charge in [0.15, 0.2) is 0 Å². The normalized spacial score (nSPS) is 27.1. The predicted molar refractivity (Wildman–Crippen MR) is 77.3 cm³/mol. The van der Waals surface area contributed by atoms with Crippen molar-refractivity contribution in [3.63, 3.8) is 0 Å². The van der Waals surface area contributed by atoms with Crippen LogP contribution in [-0.4, -0.2) is 14.1 Å². The van der Waals surface area contributed by atoms with Crippen molar-refractivity contribution in [1.82, 2.24) is 4.83 Å². The summed E-state index contributed by atoms with van der Waals surface area (Å²) >= 11 is 3.28. The number of halogens is 1. The first kappa shape index (κ1) is 12.9. The van der Waals surface area contributed by atoms with E-state index in [1.165, 1.54) is 0 Å². The topological polar surface area (TPSA) is 58.5 Å². The van der Waals surface area contributed by atoms with E-state index in [4.69, 9.17) is 0 Å². The number of hydrazone groups is 1. The van der Waals surface area contributed by atoms with E-state index in [2.05, 4.69) is 38.0 Å². The number of allylic oxidation sites excluding steroid dienone is 2. The van der Waals surface area contributed by atoms with Crippen LogP contribution in [0.1, 0.15) is 12.8 Å². The molecule has 0 aromatic heterocycles. The van der Waals surface area contributed by atoms with Gasteiger partial charge in [0.2, 0.25) is 0 Å². The minimum atomic E-state index is -3.56. The number of fused-ring (bicyclic) bond motifs is 1. The maximum Gasteiger partial charge on any atom is 0.276 e. The third-order valence-electron chi connectivity index (χ3n) is 3.60. The fourth-order valence-electron chi connectivity index (χ4n) is 2.45. The highest BCUT2D eigenvalue weighted by atomic mass is 79.9. The highest BCUT2D eigenvalue weighted by Gasteiger charge is 2.38. The minimum Gasteiger partial charge on any atom is -0.200 e. The van der Waals surface area contributed by atoms with Crippen molar-refractivity contribution in [3.05, 3.63) is 40.9 Å². The summed E-state index contributed by atoms with van der Waals surface area (Å²) < 4.78 is 24.9. The van der Waals surface area contributed by atoms with Crippen LogP contribution in [0.3, 0.4) is 0 Å². The Balaban J connectivity index is 1.72. The summed E-state index contributed by atoms with van der Waals surface area (Å²) in [5.41, 5.74) is 0.954. The molecule has 0 spiro atoms. The van der Waals surface area contributed by atoms with Crippen molar-refractivity contribution in [2.24, 2.45) is 16.9 Å². The Hall–Kier alpha value is -1.14. The third-order valence-corrected chi connectivity index (χ3v) is 5.35. The number of benzene rings is 1. The molecule has 2 atom stereocenters. The maximum absolute atomic E-state index is 12.0. The zero-order valence-corrected chi connectivity index (χ0v) is 12.5. The van der Waals surface area contributed by atoms with Crippen molar-refractivity contribution >= 4 is 31.7 Å². The lowest BCUT2D eigenvalue weighted by Gasteiger charge is -2.31. The highest BCUT2D eigenvalue weighted by molar-refractivity contribution is 9.10. The molecule has 100 valence electrons. The van der Waals surface area contributed by atoms with Gasteiger partial charge in [-0.05, 0) is 43.0 Å².